The smallest absolute Gasteiger partial charge is 0.0629 e. The average molecular weight is 278 g/mol. The lowest BCUT2D eigenvalue weighted by Crippen LogP contribution is -2.39. The summed E-state index contributed by atoms with van der Waals surface area (Å²) < 4.78 is 0. The molecule has 0 aromatic heterocycles. The summed E-state index contributed by atoms with van der Waals surface area (Å²) in [5, 5.41) is 0. The number of rotatable bonds is 3. The van der Waals surface area contributed by atoms with E-state index in [1.165, 1.54) is 11.3 Å². The van der Waals surface area contributed by atoms with Crippen molar-refractivity contribution < 1.29 is 0 Å². The molecule has 2 heteroatoms. The second-order valence-electron chi connectivity index (χ2n) is 5.81. The summed E-state index contributed by atoms with van der Waals surface area (Å²) in [5.74, 6) is 0.530. The van der Waals surface area contributed by atoms with Crippen LogP contribution >= 0.6 is 0 Å². The quantitative estimate of drug-likeness (QED) is 0.817. The Hall–Kier alpha value is -1.93. The van der Waals surface area contributed by atoms with Gasteiger partial charge in [0.2, 0.25) is 0 Å². The molecule has 1 saturated heterocycles. The van der Waals surface area contributed by atoms with Crippen molar-refractivity contribution in [2.45, 2.75) is 19.9 Å². The van der Waals surface area contributed by atoms with E-state index >= 15 is 0 Å². The van der Waals surface area contributed by atoms with Gasteiger partial charge in [-0.2, -0.15) is 0 Å². The summed E-state index contributed by atoms with van der Waals surface area (Å²) in [6.07, 6.45) is 1.07. The van der Waals surface area contributed by atoms with E-state index in [0.717, 1.165) is 31.7 Å². The van der Waals surface area contributed by atoms with Gasteiger partial charge in [0, 0.05) is 31.3 Å². The van der Waals surface area contributed by atoms with Crippen molar-refractivity contribution in [2.75, 3.05) is 13.1 Å². The highest BCUT2D eigenvalue weighted by Crippen LogP contribution is 2.20. The fourth-order valence-corrected chi connectivity index (χ4v) is 2.92. The second kappa shape index (κ2) is 6.68. The first kappa shape index (κ1) is 14.0. The number of hydrogen-bond donors (Lipinski definition) is 0. The number of hydrogen-bond acceptors (Lipinski definition) is 2. The van der Waals surface area contributed by atoms with Gasteiger partial charge in [0.15, 0.2) is 0 Å². The van der Waals surface area contributed by atoms with Crippen LogP contribution < -0.4 is 0 Å². The number of nitrogens with zero attached hydrogens (tertiary/aromatic N) is 2. The molecule has 0 spiro atoms. The van der Waals surface area contributed by atoms with Crippen LogP contribution in [-0.2, 0) is 6.54 Å². The maximum Gasteiger partial charge on any atom is 0.0629 e. The van der Waals surface area contributed by atoms with Gasteiger partial charge in [0.05, 0.1) is 5.69 Å². The Morgan fingerprint density at radius 2 is 1.67 bits per heavy atom. The Bertz CT molecular complexity index is 589. The Morgan fingerprint density at radius 1 is 1.00 bits per heavy atom. The van der Waals surface area contributed by atoms with E-state index in [9.17, 15) is 0 Å². The van der Waals surface area contributed by atoms with Crippen molar-refractivity contribution in [2.24, 2.45) is 10.9 Å². The van der Waals surface area contributed by atoms with Gasteiger partial charge in [-0.1, -0.05) is 55.5 Å². The van der Waals surface area contributed by atoms with Gasteiger partial charge in [0.1, 0.15) is 0 Å². The second-order valence-corrected chi connectivity index (χ2v) is 5.81. The average Bonchev–Trinajstić information content (AvgIpc) is 2.52. The summed E-state index contributed by atoms with van der Waals surface area (Å²) >= 11 is 0. The van der Waals surface area contributed by atoms with Gasteiger partial charge in [-0.25, -0.2) is 0 Å². The number of aliphatic imine (C=N–C) groups is 1. The molecule has 2 aromatic rings. The largest absolute Gasteiger partial charge is 0.298 e. The van der Waals surface area contributed by atoms with Crippen LogP contribution in [0.15, 0.2) is 65.7 Å². The van der Waals surface area contributed by atoms with Crippen molar-refractivity contribution in [3.05, 3.63) is 66.2 Å². The minimum absolute atomic E-state index is 0.530. The van der Waals surface area contributed by atoms with Crippen molar-refractivity contribution >= 4 is 11.4 Å². The van der Waals surface area contributed by atoms with Gasteiger partial charge in [0.25, 0.3) is 0 Å². The summed E-state index contributed by atoms with van der Waals surface area (Å²) in [4.78, 5) is 7.36. The van der Waals surface area contributed by atoms with E-state index in [1.54, 1.807) is 0 Å². The molecule has 2 nitrogen and oxygen atoms in total. The molecule has 1 aliphatic rings. The van der Waals surface area contributed by atoms with Crippen LogP contribution in [0.4, 0.5) is 5.69 Å². The zero-order chi connectivity index (χ0) is 14.5. The summed E-state index contributed by atoms with van der Waals surface area (Å²) in [5.41, 5.74) is 3.81. The summed E-state index contributed by atoms with van der Waals surface area (Å²) in [6.45, 7) is 5.54. The Kier molecular flexibility index (Phi) is 4.46. The van der Waals surface area contributed by atoms with Gasteiger partial charge >= 0.3 is 0 Å². The molecule has 3 rings (SSSR count). The Balaban J connectivity index is 1.63. The molecule has 1 fully saturated rings. The highest BCUT2D eigenvalue weighted by atomic mass is 15.1. The molecule has 0 bridgehead atoms. The Morgan fingerprint density at radius 3 is 2.33 bits per heavy atom. The molecular weight excluding hydrogens is 256 g/mol. The van der Waals surface area contributed by atoms with E-state index in [0.29, 0.717) is 5.92 Å². The molecule has 1 heterocycles. The van der Waals surface area contributed by atoms with Crippen LogP contribution in [0.2, 0.25) is 0 Å². The molecule has 2 aromatic carbocycles. The molecule has 21 heavy (non-hydrogen) atoms. The molecule has 0 N–H and O–H groups in total. The van der Waals surface area contributed by atoms with Crippen molar-refractivity contribution in [1.82, 2.24) is 4.90 Å². The van der Waals surface area contributed by atoms with Crippen LogP contribution in [0.5, 0.6) is 0 Å². The number of likely N-dealkylation sites (tertiary alicyclic amines) is 1. The predicted octanol–water partition coefficient (Wildman–Crippen LogP) is 4.30. The molecular formula is C19H22N2. The van der Waals surface area contributed by atoms with Crippen LogP contribution in [0, 0.1) is 5.92 Å². The van der Waals surface area contributed by atoms with Gasteiger partial charge in [-0.05, 0) is 24.1 Å². The first-order chi connectivity index (χ1) is 10.3. The fraction of sp³-hybridized carbons (Fsp3) is 0.316. The third kappa shape index (κ3) is 3.79. The minimum atomic E-state index is 0.530. The molecule has 0 radical (unpaired) electrons. The van der Waals surface area contributed by atoms with E-state index in [4.69, 9.17) is 4.99 Å². The normalized spacial score (nSPS) is 21.6. The van der Waals surface area contributed by atoms with Crippen molar-refractivity contribution in [1.29, 1.82) is 0 Å². The number of piperidine rings is 1. The lowest BCUT2D eigenvalue weighted by molar-refractivity contribution is 0.238. The van der Waals surface area contributed by atoms with E-state index < -0.39 is 0 Å². The van der Waals surface area contributed by atoms with Gasteiger partial charge in [-0.3, -0.25) is 9.89 Å². The minimum Gasteiger partial charge on any atom is -0.298 e. The molecule has 1 atom stereocenters. The van der Waals surface area contributed by atoms with Gasteiger partial charge < -0.3 is 0 Å². The lowest BCUT2D eigenvalue weighted by Gasteiger charge is -2.32. The third-order valence-corrected chi connectivity index (χ3v) is 4.06. The first-order valence-corrected chi connectivity index (χ1v) is 7.70. The standard InChI is InChI=1S/C19H22N2/c1-16-14-21(15-17-8-4-2-5-9-17)13-12-19(16)20-18-10-6-3-7-11-18/h2-11,16H,12-15H2,1H3. The zero-order valence-corrected chi connectivity index (χ0v) is 12.6. The van der Waals surface area contributed by atoms with Crippen LogP contribution in [0.25, 0.3) is 0 Å². The fourth-order valence-electron chi connectivity index (χ4n) is 2.92. The van der Waals surface area contributed by atoms with Crippen LogP contribution in [0.3, 0.4) is 0 Å². The van der Waals surface area contributed by atoms with E-state index in [2.05, 4.69) is 66.4 Å². The number of benzene rings is 2. The predicted molar refractivity (Wildman–Crippen MR) is 89.0 cm³/mol. The molecule has 1 unspecified atom stereocenters. The first-order valence-electron chi connectivity index (χ1n) is 7.70. The highest BCUT2D eigenvalue weighted by molar-refractivity contribution is 5.89. The summed E-state index contributed by atoms with van der Waals surface area (Å²) in [7, 11) is 0. The van der Waals surface area contributed by atoms with E-state index in [1.807, 2.05) is 6.07 Å². The van der Waals surface area contributed by atoms with Crippen LogP contribution in [-0.4, -0.2) is 23.7 Å². The maximum absolute atomic E-state index is 4.83. The molecule has 1 aliphatic heterocycles. The zero-order valence-electron chi connectivity index (χ0n) is 12.6. The van der Waals surface area contributed by atoms with Crippen LogP contribution in [0.1, 0.15) is 18.9 Å². The van der Waals surface area contributed by atoms with Gasteiger partial charge in [-0.15, -0.1) is 0 Å². The van der Waals surface area contributed by atoms with E-state index in [-0.39, 0.29) is 0 Å². The SMILES string of the molecule is CC1CN(Cc2ccccc2)CCC1=Nc1ccccc1. The van der Waals surface area contributed by atoms with Crippen molar-refractivity contribution in [3.63, 3.8) is 0 Å². The molecule has 0 amide bonds. The molecule has 0 aliphatic carbocycles. The lowest BCUT2D eigenvalue weighted by atomic mass is 9.96. The monoisotopic (exact) mass is 278 g/mol. The molecule has 108 valence electrons. The highest BCUT2D eigenvalue weighted by Gasteiger charge is 2.21. The summed E-state index contributed by atoms with van der Waals surface area (Å²) in [6, 6.07) is 21.0. The Labute approximate surface area is 127 Å². The topological polar surface area (TPSA) is 15.6 Å². The molecule has 0 saturated carbocycles. The maximum atomic E-state index is 4.83. The number of para-hydroxylation sites is 1. The third-order valence-electron chi connectivity index (χ3n) is 4.06. The van der Waals surface area contributed by atoms with Crippen molar-refractivity contribution in [3.8, 4) is 0 Å².